The number of carbonyl (C=O) groups is 2. The van der Waals surface area contributed by atoms with Gasteiger partial charge in [-0.25, -0.2) is 4.39 Å². The van der Waals surface area contributed by atoms with Crippen molar-refractivity contribution in [1.82, 2.24) is 20.0 Å². The van der Waals surface area contributed by atoms with E-state index in [0.29, 0.717) is 37.5 Å². The summed E-state index contributed by atoms with van der Waals surface area (Å²) in [5.41, 5.74) is 1.96. The van der Waals surface area contributed by atoms with E-state index in [1.807, 2.05) is 36.4 Å². The van der Waals surface area contributed by atoms with Crippen LogP contribution < -0.4 is 9.64 Å². The monoisotopic (exact) mass is 529 g/mol. The Labute approximate surface area is 225 Å². The number of hydrogen-bond acceptors (Lipinski definition) is 7. The van der Waals surface area contributed by atoms with Gasteiger partial charge in [-0.15, -0.1) is 10.2 Å². The van der Waals surface area contributed by atoms with Gasteiger partial charge < -0.3 is 23.9 Å². The summed E-state index contributed by atoms with van der Waals surface area (Å²) >= 11 is 0. The maximum Gasteiger partial charge on any atom is 0.254 e. The highest BCUT2D eigenvalue weighted by atomic mass is 19.1. The Balaban J connectivity index is 1.20. The van der Waals surface area contributed by atoms with Gasteiger partial charge in [-0.2, -0.15) is 0 Å². The van der Waals surface area contributed by atoms with Crippen molar-refractivity contribution in [2.24, 2.45) is 0 Å². The highest BCUT2D eigenvalue weighted by Gasteiger charge is 2.26. The van der Waals surface area contributed by atoms with Crippen LogP contribution in [0.25, 0.3) is 11.3 Å². The van der Waals surface area contributed by atoms with E-state index in [2.05, 4.69) is 15.1 Å². The summed E-state index contributed by atoms with van der Waals surface area (Å²) in [6.45, 7) is 2.15. The Hall–Kier alpha value is -4.73. The van der Waals surface area contributed by atoms with Crippen molar-refractivity contribution in [3.8, 4) is 17.0 Å². The van der Waals surface area contributed by atoms with E-state index in [4.69, 9.17) is 9.15 Å². The lowest BCUT2D eigenvalue weighted by Gasteiger charge is -2.36. The third kappa shape index (κ3) is 6.23. The summed E-state index contributed by atoms with van der Waals surface area (Å²) in [5.74, 6) is 1.07. The molecule has 0 bridgehead atoms. The Morgan fingerprint density at radius 2 is 1.77 bits per heavy atom. The summed E-state index contributed by atoms with van der Waals surface area (Å²) in [5, 5.41) is 8.78. The zero-order chi connectivity index (χ0) is 27.2. The minimum Gasteiger partial charge on any atom is -0.497 e. The lowest BCUT2D eigenvalue weighted by Crippen LogP contribution is -2.52. The second-order valence-electron chi connectivity index (χ2n) is 9.12. The number of hydrogen-bond donors (Lipinski definition) is 0. The molecule has 0 aliphatic carbocycles. The summed E-state index contributed by atoms with van der Waals surface area (Å²) in [7, 11) is 1.62. The molecule has 0 spiro atoms. The average Bonchev–Trinajstić information content (AvgIpc) is 3.50. The number of furan rings is 1. The van der Waals surface area contributed by atoms with Crippen LogP contribution in [0.4, 0.5) is 10.2 Å². The molecule has 4 aromatic rings. The van der Waals surface area contributed by atoms with E-state index in [9.17, 15) is 14.0 Å². The molecule has 5 rings (SSSR count). The average molecular weight is 530 g/mol. The molecule has 0 saturated carbocycles. The molecule has 1 aliphatic heterocycles. The van der Waals surface area contributed by atoms with Crippen molar-refractivity contribution in [3.63, 3.8) is 0 Å². The molecule has 1 aliphatic rings. The van der Waals surface area contributed by atoms with Crippen molar-refractivity contribution >= 4 is 17.6 Å². The van der Waals surface area contributed by atoms with Gasteiger partial charge in [-0.1, -0.05) is 12.1 Å². The van der Waals surface area contributed by atoms with E-state index >= 15 is 0 Å². The molecule has 2 aromatic heterocycles. The minimum absolute atomic E-state index is 0.119. The van der Waals surface area contributed by atoms with Crippen LogP contribution in [0.15, 0.2) is 83.5 Å². The van der Waals surface area contributed by atoms with Crippen molar-refractivity contribution < 1.29 is 23.1 Å². The molecule has 0 N–H and O–H groups in total. The third-order valence-electron chi connectivity index (χ3n) is 6.60. The summed E-state index contributed by atoms with van der Waals surface area (Å²) in [6, 6.07) is 20.2. The fourth-order valence-electron chi connectivity index (χ4n) is 4.44. The number of halogens is 1. The van der Waals surface area contributed by atoms with Gasteiger partial charge in [0.1, 0.15) is 23.9 Å². The molecular formula is C29H28FN5O4. The van der Waals surface area contributed by atoms with Crippen molar-refractivity contribution in [1.29, 1.82) is 0 Å². The molecule has 2 amide bonds. The fraction of sp³-hybridized carbons (Fsp3) is 0.241. The number of methoxy groups -OCH3 is 1. The third-order valence-corrected chi connectivity index (χ3v) is 6.60. The molecular weight excluding hydrogens is 501 g/mol. The maximum absolute atomic E-state index is 13.4. The van der Waals surface area contributed by atoms with Gasteiger partial charge in [-0.3, -0.25) is 9.59 Å². The lowest BCUT2D eigenvalue weighted by molar-refractivity contribution is -0.132. The zero-order valence-corrected chi connectivity index (χ0v) is 21.5. The van der Waals surface area contributed by atoms with Crippen LogP contribution in [0.5, 0.6) is 5.75 Å². The molecule has 0 atom stereocenters. The number of aromatic nitrogens is 2. The first-order valence-electron chi connectivity index (χ1n) is 12.6. The number of rotatable bonds is 8. The standard InChI is InChI=1S/C29H28FN5O4/c1-38-24-5-2-4-22(18-24)26-11-12-27(32-31-26)33-13-15-34(16-14-33)28(36)20-35(19-25-6-3-17-39-25)29(37)21-7-9-23(30)10-8-21/h2-12,17-18H,13-16,19-20H2,1H3. The number of anilines is 1. The van der Waals surface area contributed by atoms with Crippen LogP contribution in [-0.4, -0.2) is 71.6 Å². The molecule has 200 valence electrons. The molecule has 2 aromatic carbocycles. The van der Waals surface area contributed by atoms with Gasteiger partial charge in [-0.05, 0) is 60.7 Å². The highest BCUT2D eigenvalue weighted by Crippen LogP contribution is 2.23. The van der Waals surface area contributed by atoms with Crippen molar-refractivity contribution in [2.45, 2.75) is 6.54 Å². The smallest absolute Gasteiger partial charge is 0.254 e. The molecule has 3 heterocycles. The van der Waals surface area contributed by atoms with Gasteiger partial charge in [0, 0.05) is 37.3 Å². The van der Waals surface area contributed by atoms with E-state index in [0.717, 1.165) is 22.8 Å². The number of ether oxygens (including phenoxy) is 1. The number of benzene rings is 2. The van der Waals surface area contributed by atoms with Crippen LogP contribution in [-0.2, 0) is 11.3 Å². The van der Waals surface area contributed by atoms with Gasteiger partial charge >= 0.3 is 0 Å². The first-order chi connectivity index (χ1) is 19.0. The van der Waals surface area contributed by atoms with Crippen LogP contribution in [0, 0.1) is 5.82 Å². The molecule has 10 heteroatoms. The summed E-state index contributed by atoms with van der Waals surface area (Å²) < 4.78 is 24.1. The van der Waals surface area contributed by atoms with Crippen LogP contribution in [0.3, 0.4) is 0 Å². The fourth-order valence-corrected chi connectivity index (χ4v) is 4.44. The van der Waals surface area contributed by atoms with Gasteiger partial charge in [0.2, 0.25) is 5.91 Å². The Morgan fingerprint density at radius 3 is 2.44 bits per heavy atom. The van der Waals surface area contributed by atoms with E-state index < -0.39 is 5.82 Å². The topological polar surface area (TPSA) is 92.0 Å². The van der Waals surface area contributed by atoms with Crippen LogP contribution in [0.2, 0.25) is 0 Å². The summed E-state index contributed by atoms with van der Waals surface area (Å²) in [6.07, 6.45) is 1.52. The number of nitrogens with zero attached hydrogens (tertiary/aromatic N) is 5. The molecule has 1 fully saturated rings. The van der Waals surface area contributed by atoms with Crippen LogP contribution >= 0.6 is 0 Å². The lowest BCUT2D eigenvalue weighted by atomic mass is 10.1. The molecule has 0 unspecified atom stereocenters. The predicted molar refractivity (Wildman–Crippen MR) is 143 cm³/mol. The quantitative estimate of drug-likeness (QED) is 0.342. The second kappa shape index (κ2) is 11.8. The normalized spacial score (nSPS) is 13.3. The molecule has 9 nitrogen and oxygen atoms in total. The van der Waals surface area contributed by atoms with Gasteiger partial charge in [0.25, 0.3) is 5.91 Å². The first kappa shape index (κ1) is 25.9. The van der Waals surface area contributed by atoms with E-state index in [1.165, 1.54) is 35.4 Å². The van der Waals surface area contributed by atoms with E-state index in [1.54, 1.807) is 24.1 Å². The molecule has 0 radical (unpaired) electrons. The minimum atomic E-state index is -0.433. The second-order valence-corrected chi connectivity index (χ2v) is 9.12. The SMILES string of the molecule is COc1cccc(-c2ccc(N3CCN(C(=O)CN(Cc4ccco4)C(=O)c4ccc(F)cc4)CC3)nn2)c1. The Kier molecular flexibility index (Phi) is 7.81. The molecule has 39 heavy (non-hydrogen) atoms. The Bertz CT molecular complexity index is 1400. The number of carbonyl (C=O) groups excluding carboxylic acids is 2. The summed E-state index contributed by atoms with van der Waals surface area (Å²) in [4.78, 5) is 31.6. The maximum atomic E-state index is 13.4. The van der Waals surface area contributed by atoms with Crippen LogP contribution in [0.1, 0.15) is 16.1 Å². The number of piperazine rings is 1. The number of amides is 2. The van der Waals surface area contributed by atoms with Crippen molar-refractivity contribution in [3.05, 3.63) is 96.2 Å². The van der Waals surface area contributed by atoms with E-state index in [-0.39, 0.29) is 24.9 Å². The zero-order valence-electron chi connectivity index (χ0n) is 21.5. The first-order valence-corrected chi connectivity index (χ1v) is 12.6. The largest absolute Gasteiger partial charge is 0.497 e. The highest BCUT2D eigenvalue weighted by molar-refractivity contribution is 5.96. The molecule has 1 saturated heterocycles. The van der Waals surface area contributed by atoms with Crippen molar-refractivity contribution in [2.75, 3.05) is 44.7 Å². The Morgan fingerprint density at radius 1 is 0.974 bits per heavy atom. The van der Waals surface area contributed by atoms with Gasteiger partial charge in [0.05, 0.1) is 25.6 Å². The predicted octanol–water partition coefficient (Wildman–Crippen LogP) is 3.88. The van der Waals surface area contributed by atoms with Gasteiger partial charge in [0.15, 0.2) is 5.82 Å².